The van der Waals surface area contributed by atoms with Gasteiger partial charge in [-0.25, -0.2) is 4.99 Å². The summed E-state index contributed by atoms with van der Waals surface area (Å²) in [6.07, 6.45) is 5.32. The first kappa shape index (κ1) is 11.8. The maximum atomic E-state index is 11.9. The molecule has 0 bridgehead atoms. The number of nitrogens with zero attached hydrogens (tertiary/aromatic N) is 3. The van der Waals surface area contributed by atoms with Gasteiger partial charge in [-0.15, -0.1) is 6.58 Å². The van der Waals surface area contributed by atoms with Crippen LogP contribution in [0.25, 0.3) is 0 Å². The van der Waals surface area contributed by atoms with Gasteiger partial charge in [-0.1, -0.05) is 17.8 Å². The van der Waals surface area contributed by atoms with Crippen LogP contribution in [-0.2, 0) is 4.79 Å². The predicted octanol–water partition coefficient (Wildman–Crippen LogP) is 1.14. The Bertz CT molecular complexity index is 334. The van der Waals surface area contributed by atoms with E-state index in [1.807, 2.05) is 25.3 Å². The number of amides is 1. The van der Waals surface area contributed by atoms with E-state index in [9.17, 15) is 4.79 Å². The minimum atomic E-state index is -0.0621. The van der Waals surface area contributed by atoms with Crippen molar-refractivity contribution < 1.29 is 4.79 Å². The van der Waals surface area contributed by atoms with Crippen molar-refractivity contribution in [1.82, 2.24) is 9.80 Å². The first-order valence-electron chi connectivity index (χ1n) is 4.53. The van der Waals surface area contributed by atoms with Gasteiger partial charge in [0.05, 0.1) is 0 Å². The lowest BCUT2D eigenvalue weighted by Gasteiger charge is -2.13. The molecule has 0 saturated carbocycles. The Labute approximate surface area is 94.3 Å². The molecule has 0 aliphatic carbocycles. The monoisotopic (exact) mass is 225 g/mol. The average Bonchev–Trinajstić information content (AvgIpc) is 2.46. The van der Waals surface area contributed by atoms with Gasteiger partial charge in [-0.05, 0) is 6.26 Å². The summed E-state index contributed by atoms with van der Waals surface area (Å²) >= 11 is 1.46. The topological polar surface area (TPSA) is 35.9 Å². The highest BCUT2D eigenvalue weighted by atomic mass is 32.2. The van der Waals surface area contributed by atoms with E-state index in [1.54, 1.807) is 17.2 Å². The van der Waals surface area contributed by atoms with Crippen LogP contribution in [0.3, 0.4) is 0 Å². The molecule has 4 nitrogen and oxygen atoms in total. The fourth-order valence-corrected chi connectivity index (χ4v) is 1.78. The smallest absolute Gasteiger partial charge is 0.280 e. The third-order valence-corrected chi connectivity index (χ3v) is 2.46. The molecule has 1 rings (SSSR count). The van der Waals surface area contributed by atoms with Crippen molar-refractivity contribution in [3.05, 3.63) is 24.6 Å². The van der Waals surface area contributed by atoms with E-state index in [1.165, 1.54) is 11.8 Å². The summed E-state index contributed by atoms with van der Waals surface area (Å²) in [6, 6.07) is 0. The molecule has 1 amide bonds. The van der Waals surface area contributed by atoms with Crippen molar-refractivity contribution in [2.45, 2.75) is 0 Å². The number of carbonyl (C=O) groups is 1. The molecule has 0 aromatic carbocycles. The number of thioether (sulfide) groups is 1. The molecule has 0 fully saturated rings. The number of aliphatic imine (C=N–C) groups is 1. The summed E-state index contributed by atoms with van der Waals surface area (Å²) in [5.41, 5.74) is 0.478. The summed E-state index contributed by atoms with van der Waals surface area (Å²) in [5, 5.41) is 0.730. The van der Waals surface area contributed by atoms with Gasteiger partial charge in [0.15, 0.2) is 5.17 Å². The fraction of sp³-hybridized carbons (Fsp3) is 0.400. The maximum Gasteiger partial charge on any atom is 0.280 e. The van der Waals surface area contributed by atoms with Crippen molar-refractivity contribution in [1.29, 1.82) is 0 Å². The molecule has 0 atom stereocenters. The second-order valence-corrected chi connectivity index (χ2v) is 4.05. The molecule has 0 unspecified atom stereocenters. The highest BCUT2D eigenvalue weighted by Gasteiger charge is 2.28. The molecule has 5 heteroatoms. The van der Waals surface area contributed by atoms with Gasteiger partial charge < -0.3 is 4.90 Å². The van der Waals surface area contributed by atoms with Crippen molar-refractivity contribution in [3.63, 3.8) is 0 Å². The van der Waals surface area contributed by atoms with Crippen LogP contribution in [0.1, 0.15) is 0 Å². The van der Waals surface area contributed by atoms with E-state index in [0.29, 0.717) is 12.2 Å². The van der Waals surface area contributed by atoms with Gasteiger partial charge in [0.25, 0.3) is 5.91 Å². The number of rotatable bonds is 3. The third-order valence-electron chi connectivity index (χ3n) is 1.79. The number of hydrogen-bond donors (Lipinski definition) is 0. The van der Waals surface area contributed by atoms with E-state index in [4.69, 9.17) is 0 Å². The summed E-state index contributed by atoms with van der Waals surface area (Å²) in [7, 11) is 3.73. The number of carbonyl (C=O) groups excluding carboxylic acids is 1. The Hall–Kier alpha value is -1.23. The first-order valence-corrected chi connectivity index (χ1v) is 5.76. The fourth-order valence-electron chi connectivity index (χ4n) is 1.21. The van der Waals surface area contributed by atoms with Crippen LogP contribution in [0.5, 0.6) is 0 Å². The second kappa shape index (κ2) is 5.02. The lowest BCUT2D eigenvalue weighted by Crippen LogP contribution is -2.30. The lowest BCUT2D eigenvalue weighted by molar-refractivity contribution is -0.122. The molecule has 1 heterocycles. The van der Waals surface area contributed by atoms with Crippen LogP contribution in [0.4, 0.5) is 0 Å². The highest BCUT2D eigenvalue weighted by Crippen LogP contribution is 2.20. The van der Waals surface area contributed by atoms with E-state index in [0.717, 1.165) is 5.17 Å². The van der Waals surface area contributed by atoms with Crippen molar-refractivity contribution in [3.8, 4) is 0 Å². The highest BCUT2D eigenvalue weighted by molar-refractivity contribution is 8.13. The molecule has 1 aliphatic heterocycles. The summed E-state index contributed by atoms with van der Waals surface area (Å²) in [6.45, 7) is 4.13. The van der Waals surface area contributed by atoms with Crippen molar-refractivity contribution >= 4 is 22.8 Å². The SMILES string of the molecule is C=CCN1C(=O)/C(=C/N(C)C)N=C1SC. The number of amidine groups is 1. The van der Waals surface area contributed by atoms with Crippen LogP contribution in [-0.4, -0.2) is 47.8 Å². The molecule has 0 saturated heterocycles. The Morgan fingerprint density at radius 2 is 2.27 bits per heavy atom. The Balaban J connectivity index is 2.94. The molecular formula is C10H15N3OS. The van der Waals surface area contributed by atoms with Gasteiger partial charge in [0.2, 0.25) is 0 Å². The van der Waals surface area contributed by atoms with Crippen LogP contribution in [0, 0.1) is 0 Å². The summed E-state index contributed by atoms with van der Waals surface area (Å²) in [5.74, 6) is -0.0621. The van der Waals surface area contributed by atoms with Gasteiger partial charge in [-0.3, -0.25) is 9.69 Å². The molecule has 0 spiro atoms. The van der Waals surface area contributed by atoms with E-state index in [2.05, 4.69) is 11.6 Å². The van der Waals surface area contributed by atoms with E-state index >= 15 is 0 Å². The maximum absolute atomic E-state index is 11.9. The van der Waals surface area contributed by atoms with Crippen LogP contribution in [0.15, 0.2) is 29.5 Å². The van der Waals surface area contributed by atoms with Crippen molar-refractivity contribution in [2.24, 2.45) is 4.99 Å². The Morgan fingerprint density at radius 3 is 2.73 bits per heavy atom. The van der Waals surface area contributed by atoms with Gasteiger partial charge >= 0.3 is 0 Å². The molecule has 0 aromatic heterocycles. The van der Waals surface area contributed by atoms with Gasteiger partial charge in [-0.2, -0.15) is 0 Å². The zero-order valence-corrected chi connectivity index (χ0v) is 10.0. The largest absolute Gasteiger partial charge is 0.382 e. The average molecular weight is 225 g/mol. The predicted molar refractivity (Wildman–Crippen MR) is 64.6 cm³/mol. The van der Waals surface area contributed by atoms with E-state index in [-0.39, 0.29) is 5.91 Å². The Morgan fingerprint density at radius 1 is 1.60 bits per heavy atom. The summed E-state index contributed by atoms with van der Waals surface area (Å²) < 4.78 is 0. The molecule has 0 aromatic rings. The van der Waals surface area contributed by atoms with Crippen LogP contribution >= 0.6 is 11.8 Å². The molecule has 1 aliphatic rings. The minimum Gasteiger partial charge on any atom is -0.382 e. The second-order valence-electron chi connectivity index (χ2n) is 3.28. The summed E-state index contributed by atoms with van der Waals surface area (Å²) in [4.78, 5) is 19.5. The standard InChI is InChI=1S/C10H15N3OS/c1-5-6-13-9(14)8(7-12(2)3)11-10(13)15-4/h5,7H,1,6H2,2-4H3/b8-7-. The third kappa shape index (κ3) is 2.62. The van der Waals surface area contributed by atoms with E-state index < -0.39 is 0 Å². The molecule has 0 N–H and O–H groups in total. The molecular weight excluding hydrogens is 210 g/mol. The first-order chi connectivity index (χ1) is 7.10. The van der Waals surface area contributed by atoms with Crippen LogP contribution < -0.4 is 0 Å². The quantitative estimate of drug-likeness (QED) is 0.534. The lowest BCUT2D eigenvalue weighted by atomic mass is 10.4. The normalized spacial score (nSPS) is 18.3. The van der Waals surface area contributed by atoms with Crippen LogP contribution in [0.2, 0.25) is 0 Å². The van der Waals surface area contributed by atoms with Gasteiger partial charge in [0.1, 0.15) is 5.70 Å². The minimum absolute atomic E-state index is 0.0621. The zero-order valence-electron chi connectivity index (χ0n) is 9.23. The molecule has 15 heavy (non-hydrogen) atoms. The number of hydrogen-bond acceptors (Lipinski definition) is 4. The zero-order chi connectivity index (χ0) is 11.4. The molecule has 0 radical (unpaired) electrons. The molecule has 82 valence electrons. The van der Waals surface area contributed by atoms with Crippen molar-refractivity contribution in [2.75, 3.05) is 26.9 Å². The Kier molecular flexibility index (Phi) is 3.96. The van der Waals surface area contributed by atoms with Gasteiger partial charge in [0, 0.05) is 26.8 Å².